The second-order valence-electron chi connectivity index (χ2n) is 4.44. The van der Waals surface area contributed by atoms with Crippen molar-refractivity contribution >= 4 is 11.9 Å². The molecule has 0 bridgehead atoms. The van der Waals surface area contributed by atoms with Gasteiger partial charge in [-0.15, -0.1) is 0 Å². The molecule has 1 aliphatic heterocycles. The molecule has 1 aromatic carbocycles. The maximum atomic E-state index is 12.0. The molecule has 0 spiro atoms. The zero-order chi connectivity index (χ0) is 13.8. The number of aliphatic carboxylic acids is 1. The first-order valence-corrected chi connectivity index (χ1v) is 6.09. The highest BCUT2D eigenvalue weighted by Gasteiger charge is 2.26. The molecule has 1 amide bonds. The van der Waals surface area contributed by atoms with Crippen molar-refractivity contribution in [1.82, 2.24) is 10.6 Å². The summed E-state index contributed by atoms with van der Waals surface area (Å²) in [5, 5.41) is 23.2. The maximum absolute atomic E-state index is 12.0. The van der Waals surface area contributed by atoms with Gasteiger partial charge in [-0.1, -0.05) is 24.3 Å². The Kier molecular flexibility index (Phi) is 4.13. The fourth-order valence-corrected chi connectivity index (χ4v) is 2.13. The van der Waals surface area contributed by atoms with Crippen LogP contribution in [0.3, 0.4) is 0 Å². The van der Waals surface area contributed by atoms with E-state index in [1.54, 1.807) is 0 Å². The lowest BCUT2D eigenvalue weighted by Gasteiger charge is -2.26. The maximum Gasteiger partial charge on any atom is 0.334 e. The summed E-state index contributed by atoms with van der Waals surface area (Å²) in [5.74, 6) is -1.68. The molecule has 19 heavy (non-hydrogen) atoms. The van der Waals surface area contributed by atoms with Gasteiger partial charge < -0.3 is 20.8 Å². The van der Waals surface area contributed by atoms with Gasteiger partial charge in [-0.25, -0.2) is 4.79 Å². The van der Waals surface area contributed by atoms with Crippen LogP contribution in [-0.2, 0) is 16.0 Å². The van der Waals surface area contributed by atoms with Crippen LogP contribution in [0.2, 0.25) is 0 Å². The first kappa shape index (κ1) is 13.5. The highest BCUT2D eigenvalue weighted by atomic mass is 16.4. The van der Waals surface area contributed by atoms with Gasteiger partial charge in [-0.05, 0) is 17.5 Å². The summed E-state index contributed by atoms with van der Waals surface area (Å²) in [7, 11) is 0. The average molecular weight is 264 g/mol. The molecule has 0 saturated heterocycles. The Hall–Kier alpha value is -1.92. The van der Waals surface area contributed by atoms with Crippen LogP contribution >= 0.6 is 0 Å². The Labute approximate surface area is 110 Å². The smallest absolute Gasteiger partial charge is 0.334 e. The summed E-state index contributed by atoms with van der Waals surface area (Å²) >= 11 is 0. The number of fused-ring (bicyclic) bond motifs is 1. The lowest BCUT2D eigenvalue weighted by Crippen LogP contribution is -2.44. The lowest BCUT2D eigenvalue weighted by molar-refractivity contribution is -0.146. The van der Waals surface area contributed by atoms with Gasteiger partial charge in [0, 0.05) is 6.54 Å². The number of aliphatic hydroxyl groups excluding tert-OH is 1. The van der Waals surface area contributed by atoms with E-state index < -0.39 is 18.1 Å². The van der Waals surface area contributed by atoms with Crippen LogP contribution < -0.4 is 10.6 Å². The van der Waals surface area contributed by atoms with Gasteiger partial charge in [-0.3, -0.25) is 4.79 Å². The number of carbonyl (C=O) groups excluding carboxylic acids is 1. The van der Waals surface area contributed by atoms with E-state index in [0.29, 0.717) is 6.54 Å². The summed E-state index contributed by atoms with van der Waals surface area (Å²) in [6, 6.07) is 7.14. The minimum Gasteiger partial charge on any atom is -0.479 e. The molecule has 1 aliphatic rings. The third-order valence-corrected chi connectivity index (χ3v) is 3.13. The summed E-state index contributed by atoms with van der Waals surface area (Å²) in [6.07, 6.45) is -0.722. The molecule has 0 aliphatic carbocycles. The van der Waals surface area contributed by atoms with Crippen LogP contribution in [-0.4, -0.2) is 41.3 Å². The molecular weight excluding hydrogens is 248 g/mol. The quantitative estimate of drug-likeness (QED) is 0.584. The van der Waals surface area contributed by atoms with Crippen LogP contribution in [0.15, 0.2) is 24.3 Å². The molecule has 1 heterocycles. The SMILES string of the molecule is O=C(NC[C@H](O)C(=O)O)C1NCCc2ccccc21. The highest BCUT2D eigenvalue weighted by molar-refractivity contribution is 5.84. The minimum atomic E-state index is -1.58. The van der Waals surface area contributed by atoms with Crippen molar-refractivity contribution in [1.29, 1.82) is 0 Å². The number of hydrogen-bond donors (Lipinski definition) is 4. The Balaban J connectivity index is 2.03. The molecule has 1 unspecified atom stereocenters. The van der Waals surface area contributed by atoms with Gasteiger partial charge >= 0.3 is 5.97 Å². The van der Waals surface area contributed by atoms with Crippen LogP contribution in [0.4, 0.5) is 0 Å². The van der Waals surface area contributed by atoms with Crippen molar-refractivity contribution in [2.75, 3.05) is 13.1 Å². The largest absolute Gasteiger partial charge is 0.479 e. The standard InChI is InChI=1S/C13H16N2O4/c16-10(13(18)19)7-15-12(17)11-9-4-2-1-3-8(9)5-6-14-11/h1-4,10-11,14,16H,5-7H2,(H,15,17)(H,18,19)/t10-,11?/m0/s1. The van der Waals surface area contributed by atoms with Crippen LogP contribution in [0.25, 0.3) is 0 Å². The fourth-order valence-electron chi connectivity index (χ4n) is 2.13. The van der Waals surface area contributed by atoms with E-state index in [0.717, 1.165) is 17.5 Å². The molecule has 1 aromatic rings. The Morgan fingerprint density at radius 1 is 1.42 bits per heavy atom. The van der Waals surface area contributed by atoms with Gasteiger partial charge in [0.15, 0.2) is 6.10 Å². The van der Waals surface area contributed by atoms with Crippen molar-refractivity contribution < 1.29 is 19.8 Å². The highest BCUT2D eigenvalue weighted by Crippen LogP contribution is 2.22. The second kappa shape index (κ2) is 5.81. The summed E-state index contributed by atoms with van der Waals surface area (Å²) in [6.45, 7) is 0.394. The summed E-state index contributed by atoms with van der Waals surface area (Å²) < 4.78 is 0. The third-order valence-electron chi connectivity index (χ3n) is 3.13. The first-order valence-electron chi connectivity index (χ1n) is 6.09. The monoisotopic (exact) mass is 264 g/mol. The van der Waals surface area contributed by atoms with E-state index >= 15 is 0 Å². The van der Waals surface area contributed by atoms with Crippen molar-refractivity contribution in [2.45, 2.75) is 18.6 Å². The third kappa shape index (κ3) is 3.10. The molecule has 0 radical (unpaired) electrons. The van der Waals surface area contributed by atoms with E-state index in [4.69, 9.17) is 10.2 Å². The van der Waals surface area contributed by atoms with E-state index in [9.17, 15) is 9.59 Å². The van der Waals surface area contributed by atoms with Gasteiger partial charge in [0.1, 0.15) is 6.04 Å². The second-order valence-corrected chi connectivity index (χ2v) is 4.44. The fraction of sp³-hybridized carbons (Fsp3) is 0.385. The predicted molar refractivity (Wildman–Crippen MR) is 67.5 cm³/mol. The topological polar surface area (TPSA) is 98.7 Å². The molecule has 4 N–H and O–H groups in total. The Morgan fingerprint density at radius 2 is 2.16 bits per heavy atom. The van der Waals surface area contributed by atoms with Crippen LogP contribution in [0, 0.1) is 0 Å². The van der Waals surface area contributed by atoms with Crippen molar-refractivity contribution in [3.63, 3.8) is 0 Å². The number of amides is 1. The zero-order valence-corrected chi connectivity index (χ0v) is 10.3. The number of rotatable bonds is 4. The predicted octanol–water partition coefficient (Wildman–Crippen LogP) is -0.565. The summed E-state index contributed by atoms with van der Waals surface area (Å²) in [5.41, 5.74) is 2.01. The van der Waals surface area contributed by atoms with Gasteiger partial charge in [0.05, 0.1) is 6.54 Å². The number of carboxylic acids is 1. The average Bonchev–Trinajstić information content (AvgIpc) is 2.43. The van der Waals surface area contributed by atoms with Gasteiger partial charge in [0.2, 0.25) is 5.91 Å². The molecule has 102 valence electrons. The van der Waals surface area contributed by atoms with E-state index in [1.807, 2.05) is 24.3 Å². The first-order chi connectivity index (χ1) is 9.09. The number of nitrogens with one attached hydrogen (secondary N) is 2. The number of aliphatic hydroxyl groups is 1. The minimum absolute atomic E-state index is 0.297. The normalized spacial score (nSPS) is 19.3. The van der Waals surface area contributed by atoms with E-state index in [1.165, 1.54) is 0 Å². The zero-order valence-electron chi connectivity index (χ0n) is 10.3. The van der Waals surface area contributed by atoms with Crippen molar-refractivity contribution in [3.8, 4) is 0 Å². The van der Waals surface area contributed by atoms with Gasteiger partial charge in [-0.2, -0.15) is 0 Å². The number of carboxylic acid groups (broad SMARTS) is 1. The molecule has 0 fully saturated rings. The van der Waals surface area contributed by atoms with Crippen molar-refractivity contribution in [2.24, 2.45) is 0 Å². The molecule has 2 atom stereocenters. The lowest BCUT2D eigenvalue weighted by atomic mass is 9.94. The molecule has 2 rings (SSSR count). The molecule has 0 saturated carbocycles. The number of carbonyl (C=O) groups is 2. The van der Waals surface area contributed by atoms with E-state index in [-0.39, 0.29) is 12.5 Å². The Bertz CT molecular complexity index is 489. The summed E-state index contributed by atoms with van der Waals surface area (Å²) in [4.78, 5) is 22.5. The van der Waals surface area contributed by atoms with E-state index in [2.05, 4.69) is 10.6 Å². The van der Waals surface area contributed by atoms with Crippen LogP contribution in [0.5, 0.6) is 0 Å². The van der Waals surface area contributed by atoms with Crippen molar-refractivity contribution in [3.05, 3.63) is 35.4 Å². The van der Waals surface area contributed by atoms with Gasteiger partial charge in [0.25, 0.3) is 0 Å². The molecular formula is C13H16N2O4. The molecule has 0 aromatic heterocycles. The molecule has 6 heteroatoms. The Morgan fingerprint density at radius 3 is 2.89 bits per heavy atom. The molecule has 6 nitrogen and oxygen atoms in total. The number of hydrogen-bond acceptors (Lipinski definition) is 4. The van der Waals surface area contributed by atoms with Crippen LogP contribution in [0.1, 0.15) is 17.2 Å². The number of benzene rings is 1.